The first-order valence-electron chi connectivity index (χ1n) is 15.3. The van der Waals surface area contributed by atoms with Gasteiger partial charge in [0.15, 0.2) is 11.4 Å². The van der Waals surface area contributed by atoms with Crippen LogP contribution in [0.1, 0.15) is 59.9 Å². The number of allylic oxidation sites excluding steroid dienone is 4. The van der Waals surface area contributed by atoms with E-state index < -0.39 is 28.7 Å². The lowest BCUT2D eigenvalue weighted by atomic mass is 9.91. The van der Waals surface area contributed by atoms with Gasteiger partial charge in [0, 0.05) is 52.6 Å². The minimum atomic E-state index is -4.16. The molecular formula is C34H30ClF2N6O4S+. The minimum absolute atomic E-state index is 0.107. The molecule has 1 atom stereocenters. The number of hydrogen-bond donors (Lipinski definition) is 1. The maximum atomic E-state index is 15.1. The molecule has 0 spiro atoms. The number of primary amides is 1. The van der Waals surface area contributed by atoms with Gasteiger partial charge in [0.2, 0.25) is 0 Å². The molecule has 1 saturated carbocycles. The normalized spacial score (nSPS) is 19.6. The Morgan fingerprint density at radius 2 is 2.04 bits per heavy atom. The van der Waals surface area contributed by atoms with Crippen LogP contribution in [-0.2, 0) is 28.6 Å². The van der Waals surface area contributed by atoms with E-state index in [1.165, 1.54) is 18.3 Å². The van der Waals surface area contributed by atoms with Crippen LogP contribution in [0.4, 0.5) is 20.3 Å². The SMILES string of the molecule is C/C(C1=CCCC(S(C)=O)=C1)=[N+]1/N=Cc2c1nc(CC1CC1)c(C(N)=O)c2-c1ccc2c(c1)OC(F)(F)C(=O)N2Cc1ccc(Cl)cn1. The molecule has 0 saturated heterocycles. The molecule has 2 aromatic heterocycles. The third-order valence-electron chi connectivity index (χ3n) is 8.77. The summed E-state index contributed by atoms with van der Waals surface area (Å²) < 4.78 is 49.0. The number of fused-ring (bicyclic) bond motifs is 2. The van der Waals surface area contributed by atoms with Crippen LogP contribution in [-0.4, -0.2) is 55.0 Å². The molecule has 2 aliphatic heterocycles. The number of nitrogens with two attached hydrogens (primary N) is 1. The number of anilines is 1. The molecular weight excluding hydrogens is 662 g/mol. The fraction of sp³-hybridized carbons (Fsp3) is 0.294. The van der Waals surface area contributed by atoms with Gasteiger partial charge in [-0.25, -0.2) is 0 Å². The van der Waals surface area contributed by atoms with Crippen molar-refractivity contribution in [2.24, 2.45) is 16.8 Å². The van der Waals surface area contributed by atoms with Crippen LogP contribution in [0.15, 0.2) is 64.3 Å². The second kappa shape index (κ2) is 12.1. The van der Waals surface area contributed by atoms with E-state index in [-0.39, 0.29) is 23.5 Å². The van der Waals surface area contributed by atoms with Crippen molar-refractivity contribution in [3.05, 3.63) is 86.7 Å². The number of aromatic nitrogens is 2. The van der Waals surface area contributed by atoms with Gasteiger partial charge in [-0.2, -0.15) is 8.78 Å². The molecule has 1 unspecified atom stereocenters. The summed E-state index contributed by atoms with van der Waals surface area (Å²) in [5, 5.41) is 5.01. The lowest BCUT2D eigenvalue weighted by Crippen LogP contribution is -2.50. The van der Waals surface area contributed by atoms with E-state index in [0.717, 1.165) is 40.4 Å². The smallest absolute Gasteiger partial charge is 0.423 e. The maximum absolute atomic E-state index is 15.1. The number of hydrogen-bond acceptors (Lipinski definition) is 7. The highest BCUT2D eigenvalue weighted by molar-refractivity contribution is 7.88. The monoisotopic (exact) mass is 691 g/mol. The largest absolute Gasteiger partial charge is 0.482 e. The van der Waals surface area contributed by atoms with Gasteiger partial charge in [-0.1, -0.05) is 33.5 Å². The fourth-order valence-corrected chi connectivity index (χ4v) is 6.97. The van der Waals surface area contributed by atoms with Crippen LogP contribution in [0.5, 0.6) is 5.75 Å². The first kappa shape index (κ1) is 32.0. The van der Waals surface area contributed by atoms with E-state index >= 15 is 8.78 Å². The summed E-state index contributed by atoms with van der Waals surface area (Å²) >= 11 is 5.94. The van der Waals surface area contributed by atoms with Crippen LogP contribution in [0.2, 0.25) is 5.02 Å². The molecule has 2 amide bonds. The van der Waals surface area contributed by atoms with Crippen molar-refractivity contribution in [3.8, 4) is 16.9 Å². The Hall–Kier alpha value is -4.62. The summed E-state index contributed by atoms with van der Waals surface area (Å²) in [4.78, 5) is 36.8. The van der Waals surface area contributed by atoms with Crippen LogP contribution < -0.4 is 15.4 Å². The van der Waals surface area contributed by atoms with Gasteiger partial charge in [-0.05, 0) is 72.5 Å². The predicted octanol–water partition coefficient (Wildman–Crippen LogP) is 5.80. The minimum Gasteiger partial charge on any atom is -0.423 e. The quantitative estimate of drug-likeness (QED) is 0.297. The molecule has 0 bridgehead atoms. The highest BCUT2D eigenvalue weighted by Gasteiger charge is 2.51. The van der Waals surface area contributed by atoms with Crippen molar-refractivity contribution in [1.82, 2.24) is 9.97 Å². The first-order valence-corrected chi connectivity index (χ1v) is 17.3. The zero-order valence-corrected chi connectivity index (χ0v) is 27.6. The number of amides is 2. The van der Waals surface area contributed by atoms with E-state index in [2.05, 4.69) is 16.2 Å². The van der Waals surface area contributed by atoms with Crippen LogP contribution in [0.3, 0.4) is 0 Å². The van der Waals surface area contributed by atoms with Gasteiger partial charge in [-0.15, -0.1) is 0 Å². The van der Waals surface area contributed by atoms with Crippen LogP contribution in [0.25, 0.3) is 11.1 Å². The van der Waals surface area contributed by atoms with Gasteiger partial charge < -0.3 is 10.5 Å². The Kier molecular flexibility index (Phi) is 8.07. The topological polar surface area (TPSA) is 131 Å². The summed E-state index contributed by atoms with van der Waals surface area (Å²) in [6, 6.07) is 7.61. The number of carbonyl (C=O) groups excluding carboxylic acids is 2. The molecule has 48 heavy (non-hydrogen) atoms. The van der Waals surface area contributed by atoms with Crippen molar-refractivity contribution in [2.75, 3.05) is 11.2 Å². The van der Waals surface area contributed by atoms with E-state index in [1.54, 1.807) is 35.4 Å². The van der Waals surface area contributed by atoms with E-state index in [1.807, 2.05) is 13.0 Å². The fourth-order valence-electron chi connectivity index (χ4n) is 6.16. The second-order valence-corrected chi connectivity index (χ2v) is 14.0. The van der Waals surface area contributed by atoms with Gasteiger partial charge in [0.05, 0.1) is 34.7 Å². The summed E-state index contributed by atoms with van der Waals surface area (Å²) in [7, 11) is -1.12. The molecule has 1 aromatic carbocycles. The molecule has 246 valence electrons. The maximum Gasteiger partial charge on any atom is 0.482 e. The molecule has 3 aromatic rings. The molecule has 7 rings (SSSR count). The number of halogens is 3. The Bertz CT molecular complexity index is 2060. The Balaban J connectivity index is 1.38. The number of alkyl halides is 2. The Labute approximate surface area is 282 Å². The average molecular weight is 692 g/mol. The van der Waals surface area contributed by atoms with Crippen molar-refractivity contribution in [2.45, 2.75) is 51.7 Å². The number of ether oxygens (including phenoxy) is 1. The highest BCUT2D eigenvalue weighted by atomic mass is 35.5. The summed E-state index contributed by atoms with van der Waals surface area (Å²) in [6.45, 7) is 1.63. The lowest BCUT2D eigenvalue weighted by molar-refractivity contribution is -0.444. The van der Waals surface area contributed by atoms with Crippen molar-refractivity contribution < 1.29 is 32.0 Å². The van der Waals surface area contributed by atoms with Gasteiger partial charge in [0.1, 0.15) is 11.3 Å². The third kappa shape index (κ3) is 5.85. The number of hydrazone groups is 1. The highest BCUT2D eigenvalue weighted by Crippen LogP contribution is 2.45. The van der Waals surface area contributed by atoms with E-state index in [4.69, 9.17) is 27.1 Å². The van der Waals surface area contributed by atoms with E-state index in [0.29, 0.717) is 57.7 Å². The average Bonchev–Trinajstić information content (AvgIpc) is 3.78. The van der Waals surface area contributed by atoms with Gasteiger partial charge >= 0.3 is 17.8 Å². The molecule has 0 radical (unpaired) electrons. The van der Waals surface area contributed by atoms with E-state index in [9.17, 15) is 13.8 Å². The summed E-state index contributed by atoms with van der Waals surface area (Å²) in [5.41, 5.74) is 9.93. The van der Waals surface area contributed by atoms with Crippen molar-refractivity contribution in [3.63, 3.8) is 0 Å². The molecule has 2 aliphatic carbocycles. The third-order valence-corrected chi connectivity index (χ3v) is 10.1. The lowest BCUT2D eigenvalue weighted by Gasteiger charge is -2.33. The zero-order valence-electron chi connectivity index (χ0n) is 26.0. The van der Waals surface area contributed by atoms with Crippen molar-refractivity contribution >= 4 is 57.6 Å². The Morgan fingerprint density at radius 1 is 1.25 bits per heavy atom. The summed E-state index contributed by atoms with van der Waals surface area (Å²) in [6.07, 6.45) is 8.29. The Morgan fingerprint density at radius 3 is 2.73 bits per heavy atom. The number of nitrogens with zero attached hydrogens (tertiary/aromatic N) is 5. The molecule has 4 aliphatic rings. The van der Waals surface area contributed by atoms with Gasteiger partial charge in [0.25, 0.3) is 5.91 Å². The van der Waals surface area contributed by atoms with Gasteiger partial charge in [-0.3, -0.25) is 23.7 Å². The number of rotatable bonds is 8. The molecule has 1 fully saturated rings. The van der Waals surface area contributed by atoms with Crippen LogP contribution in [0, 0.1) is 5.92 Å². The second-order valence-electron chi connectivity index (χ2n) is 12.1. The standard InChI is InChI=1S/C34H29ClF2N6O4S/c1-18(20-4-3-5-24(13-20)48(2)46)43-32-25(16-40-43)29(30(31(38)44)26(41-32)12-19-6-7-19)21-8-11-27-28(14-21)47-34(36,37)33(45)42(27)17-23-10-9-22(35)15-39-23/h4,8-11,13-16,19H,3,5-7,12,17H2,1-2H3,(H-,38,44)/p+1/b43-18-. The number of pyridine rings is 2. The predicted molar refractivity (Wildman–Crippen MR) is 178 cm³/mol. The number of benzene rings is 1. The molecule has 4 heterocycles. The van der Waals surface area contributed by atoms with Crippen LogP contribution >= 0.6 is 11.6 Å². The first-order chi connectivity index (χ1) is 22.9. The zero-order chi connectivity index (χ0) is 33.9. The molecule has 14 heteroatoms. The molecule has 2 N–H and O–H groups in total. The molecule has 10 nitrogen and oxygen atoms in total. The number of carbonyl (C=O) groups is 2. The van der Waals surface area contributed by atoms with Crippen molar-refractivity contribution in [1.29, 1.82) is 0 Å². The summed E-state index contributed by atoms with van der Waals surface area (Å²) in [5.74, 6) is -1.73.